The second-order valence-corrected chi connectivity index (χ2v) is 4.49. The molecule has 0 aliphatic carbocycles. The predicted molar refractivity (Wildman–Crippen MR) is 58.0 cm³/mol. The Labute approximate surface area is 99.5 Å². The van der Waals surface area contributed by atoms with Crippen LogP contribution in [0.15, 0.2) is 0 Å². The molecule has 2 atom stereocenters. The molecular weight excluding hydrogens is 229 g/mol. The molecule has 0 unspecified atom stereocenters. The van der Waals surface area contributed by atoms with Crippen LogP contribution in [0.2, 0.25) is 0 Å². The maximum atomic E-state index is 12.0. The van der Waals surface area contributed by atoms with Gasteiger partial charge in [-0.25, -0.2) is 9.69 Å². The molecule has 1 rings (SSSR count). The highest BCUT2D eigenvalue weighted by atomic mass is 19.1. The average molecular weight is 247 g/mol. The van der Waals surface area contributed by atoms with Gasteiger partial charge in [-0.1, -0.05) is 13.8 Å². The van der Waals surface area contributed by atoms with Crippen molar-refractivity contribution < 1.29 is 23.8 Å². The summed E-state index contributed by atoms with van der Waals surface area (Å²) >= 11 is 0. The van der Waals surface area contributed by atoms with Crippen molar-refractivity contribution in [1.29, 1.82) is 0 Å². The zero-order valence-corrected chi connectivity index (χ0v) is 10.1. The Balaban J connectivity index is 2.62. The number of alkyl halides is 1. The van der Waals surface area contributed by atoms with Gasteiger partial charge >= 0.3 is 6.09 Å². The summed E-state index contributed by atoms with van der Waals surface area (Å²) in [7, 11) is 0. The summed E-state index contributed by atoms with van der Waals surface area (Å²) in [5.74, 6) is -0.420. The van der Waals surface area contributed by atoms with E-state index in [1.165, 1.54) is 0 Å². The zero-order valence-electron chi connectivity index (χ0n) is 10.1. The Kier molecular flexibility index (Phi) is 4.86. The van der Waals surface area contributed by atoms with E-state index in [9.17, 15) is 19.1 Å². The monoisotopic (exact) mass is 247 g/mol. The van der Waals surface area contributed by atoms with E-state index in [-0.39, 0.29) is 31.4 Å². The zero-order chi connectivity index (χ0) is 13.0. The highest BCUT2D eigenvalue weighted by Gasteiger charge is 2.39. The average Bonchev–Trinajstić information content (AvgIpc) is 2.60. The van der Waals surface area contributed by atoms with E-state index in [0.29, 0.717) is 0 Å². The van der Waals surface area contributed by atoms with Crippen molar-refractivity contribution in [2.75, 3.05) is 13.3 Å². The van der Waals surface area contributed by atoms with Crippen molar-refractivity contribution in [3.05, 3.63) is 0 Å². The van der Waals surface area contributed by atoms with Crippen molar-refractivity contribution in [2.45, 2.75) is 38.8 Å². The van der Waals surface area contributed by atoms with Crippen molar-refractivity contribution in [1.82, 2.24) is 4.90 Å². The van der Waals surface area contributed by atoms with Crippen LogP contribution in [-0.2, 0) is 9.53 Å². The minimum absolute atomic E-state index is 0.0868. The van der Waals surface area contributed by atoms with Gasteiger partial charge in [0, 0.05) is 6.42 Å². The van der Waals surface area contributed by atoms with E-state index in [4.69, 9.17) is 4.74 Å². The molecule has 1 N–H and O–H groups in total. The quantitative estimate of drug-likeness (QED) is 0.790. The van der Waals surface area contributed by atoms with Crippen LogP contribution in [0.4, 0.5) is 9.18 Å². The number of aliphatic hydroxyl groups excluding tert-OH is 1. The lowest BCUT2D eigenvalue weighted by Gasteiger charge is -2.23. The maximum Gasteiger partial charge on any atom is 0.416 e. The molecule has 2 amide bonds. The molecule has 1 aliphatic rings. The summed E-state index contributed by atoms with van der Waals surface area (Å²) in [5, 5.41) is 9.35. The maximum absolute atomic E-state index is 12.0. The normalized spacial score (nSPS) is 21.8. The van der Waals surface area contributed by atoms with Gasteiger partial charge < -0.3 is 9.84 Å². The number of ether oxygens (including phenoxy) is 1. The summed E-state index contributed by atoms with van der Waals surface area (Å²) in [6.45, 7) is 3.25. The SMILES string of the molecule is CC(C)[C@H]1COC(=O)N1C(=O)C[C@@H](O)CCF. The molecule has 0 bridgehead atoms. The fourth-order valence-corrected chi connectivity index (χ4v) is 1.74. The second-order valence-electron chi connectivity index (χ2n) is 4.49. The number of carbonyl (C=O) groups excluding carboxylic acids is 2. The number of imide groups is 1. The molecule has 98 valence electrons. The number of rotatable bonds is 5. The summed E-state index contributed by atoms with van der Waals surface area (Å²) in [6, 6.07) is -0.299. The van der Waals surface area contributed by atoms with Crippen LogP contribution in [0.3, 0.4) is 0 Å². The number of carbonyl (C=O) groups is 2. The van der Waals surface area contributed by atoms with E-state index < -0.39 is 24.8 Å². The number of amides is 2. The van der Waals surface area contributed by atoms with E-state index in [0.717, 1.165) is 4.90 Å². The van der Waals surface area contributed by atoms with Crippen LogP contribution in [0.25, 0.3) is 0 Å². The first-order valence-corrected chi connectivity index (χ1v) is 5.70. The number of hydrogen-bond donors (Lipinski definition) is 1. The van der Waals surface area contributed by atoms with E-state index in [1.807, 2.05) is 13.8 Å². The standard InChI is InChI=1S/C11H18FNO4/c1-7(2)9-6-17-11(16)13(9)10(15)5-8(14)3-4-12/h7-9,14H,3-6H2,1-2H3/t8-,9+/m0/s1. The van der Waals surface area contributed by atoms with E-state index in [1.54, 1.807) is 0 Å². The minimum atomic E-state index is -1.05. The van der Waals surface area contributed by atoms with Crippen molar-refractivity contribution in [3.8, 4) is 0 Å². The third-order valence-corrected chi connectivity index (χ3v) is 2.80. The van der Waals surface area contributed by atoms with Gasteiger partial charge in [-0.15, -0.1) is 0 Å². The highest BCUT2D eigenvalue weighted by Crippen LogP contribution is 2.21. The summed E-state index contributed by atoms with van der Waals surface area (Å²) in [4.78, 5) is 24.2. The number of halogens is 1. The molecule has 0 radical (unpaired) electrons. The van der Waals surface area contributed by atoms with Gasteiger partial charge in [0.1, 0.15) is 6.61 Å². The summed E-state index contributed by atoms with van der Waals surface area (Å²) in [6.07, 6.45) is -2.07. The Morgan fingerprint density at radius 3 is 2.82 bits per heavy atom. The largest absolute Gasteiger partial charge is 0.447 e. The topological polar surface area (TPSA) is 66.8 Å². The number of nitrogens with zero attached hydrogens (tertiary/aromatic N) is 1. The van der Waals surface area contributed by atoms with Gasteiger partial charge in [-0.05, 0) is 5.92 Å². The molecule has 6 heteroatoms. The number of hydrogen-bond acceptors (Lipinski definition) is 4. The van der Waals surface area contributed by atoms with Crippen molar-refractivity contribution in [3.63, 3.8) is 0 Å². The molecule has 17 heavy (non-hydrogen) atoms. The van der Waals surface area contributed by atoms with Crippen LogP contribution < -0.4 is 0 Å². The fraction of sp³-hybridized carbons (Fsp3) is 0.818. The molecule has 1 saturated heterocycles. The summed E-state index contributed by atoms with van der Waals surface area (Å²) in [5.41, 5.74) is 0. The smallest absolute Gasteiger partial charge is 0.416 e. The first kappa shape index (κ1) is 13.9. The van der Waals surface area contributed by atoms with Crippen LogP contribution in [0.1, 0.15) is 26.7 Å². The number of aliphatic hydroxyl groups is 1. The van der Waals surface area contributed by atoms with Gasteiger partial charge in [0.05, 0.1) is 25.2 Å². The predicted octanol–water partition coefficient (Wildman–Crippen LogP) is 1.10. The van der Waals surface area contributed by atoms with E-state index >= 15 is 0 Å². The third-order valence-electron chi connectivity index (χ3n) is 2.80. The first-order chi connectivity index (χ1) is 7.97. The van der Waals surface area contributed by atoms with Crippen LogP contribution in [0, 0.1) is 5.92 Å². The van der Waals surface area contributed by atoms with Gasteiger partial charge in [0.2, 0.25) is 5.91 Å². The van der Waals surface area contributed by atoms with Crippen LogP contribution in [0.5, 0.6) is 0 Å². The van der Waals surface area contributed by atoms with Gasteiger partial charge in [-0.2, -0.15) is 0 Å². The Bertz CT molecular complexity index is 295. The molecular formula is C11H18FNO4. The van der Waals surface area contributed by atoms with Crippen molar-refractivity contribution in [2.24, 2.45) is 5.92 Å². The third kappa shape index (κ3) is 3.39. The molecule has 0 aromatic carbocycles. The molecule has 1 heterocycles. The Morgan fingerprint density at radius 1 is 1.65 bits per heavy atom. The van der Waals surface area contributed by atoms with E-state index in [2.05, 4.69) is 0 Å². The molecule has 0 saturated carbocycles. The van der Waals surface area contributed by atoms with Gasteiger partial charge in [-0.3, -0.25) is 9.18 Å². The second kappa shape index (κ2) is 5.95. The lowest BCUT2D eigenvalue weighted by atomic mass is 10.0. The molecule has 0 aromatic heterocycles. The minimum Gasteiger partial charge on any atom is -0.447 e. The lowest BCUT2D eigenvalue weighted by Crippen LogP contribution is -2.43. The molecule has 0 spiro atoms. The Hall–Kier alpha value is -1.17. The van der Waals surface area contributed by atoms with Crippen LogP contribution in [-0.4, -0.2) is 47.4 Å². The van der Waals surface area contributed by atoms with Crippen LogP contribution >= 0.6 is 0 Å². The fourth-order valence-electron chi connectivity index (χ4n) is 1.74. The lowest BCUT2D eigenvalue weighted by molar-refractivity contribution is -0.131. The molecule has 1 fully saturated rings. The number of cyclic esters (lactones) is 1. The van der Waals surface area contributed by atoms with Crippen molar-refractivity contribution >= 4 is 12.0 Å². The Morgan fingerprint density at radius 2 is 2.29 bits per heavy atom. The molecule has 5 nitrogen and oxygen atoms in total. The molecule has 0 aromatic rings. The van der Waals surface area contributed by atoms with Gasteiger partial charge in [0.25, 0.3) is 0 Å². The summed E-state index contributed by atoms with van der Waals surface area (Å²) < 4.78 is 16.8. The first-order valence-electron chi connectivity index (χ1n) is 5.70. The molecule has 1 aliphatic heterocycles. The van der Waals surface area contributed by atoms with Gasteiger partial charge in [0.15, 0.2) is 0 Å². The highest BCUT2D eigenvalue weighted by molar-refractivity contribution is 5.93.